The maximum atomic E-state index is 13.5. The molecule has 0 saturated carbocycles. The second-order valence-corrected chi connectivity index (χ2v) is 5.38. The molecule has 2 rings (SSSR count). The number of nitriles is 1. The van der Waals surface area contributed by atoms with Crippen molar-refractivity contribution in [2.75, 3.05) is 26.7 Å². The van der Waals surface area contributed by atoms with Gasteiger partial charge in [0.05, 0.1) is 5.56 Å². The molecule has 108 valence electrons. The molecule has 0 spiro atoms. The van der Waals surface area contributed by atoms with Gasteiger partial charge in [-0.1, -0.05) is 13.0 Å². The Morgan fingerprint density at radius 3 is 2.95 bits per heavy atom. The zero-order valence-electron chi connectivity index (χ0n) is 12.2. The first-order valence-electron chi connectivity index (χ1n) is 7.29. The quantitative estimate of drug-likeness (QED) is 0.918. The van der Waals surface area contributed by atoms with Gasteiger partial charge in [0.15, 0.2) is 0 Å². The first-order valence-corrected chi connectivity index (χ1v) is 7.29. The van der Waals surface area contributed by atoms with Gasteiger partial charge in [-0.05, 0) is 63.1 Å². The van der Waals surface area contributed by atoms with Gasteiger partial charge >= 0.3 is 0 Å². The third-order valence-corrected chi connectivity index (χ3v) is 4.19. The lowest BCUT2D eigenvalue weighted by Crippen LogP contribution is -2.42. The van der Waals surface area contributed by atoms with Crippen LogP contribution < -0.4 is 5.32 Å². The molecular weight excluding hydrogens is 253 g/mol. The Kier molecular flexibility index (Phi) is 5.11. The van der Waals surface area contributed by atoms with Gasteiger partial charge in [-0.3, -0.25) is 4.90 Å². The molecule has 2 atom stereocenters. The van der Waals surface area contributed by atoms with Crippen LogP contribution in [0.15, 0.2) is 18.2 Å². The van der Waals surface area contributed by atoms with Crippen molar-refractivity contribution >= 4 is 0 Å². The topological polar surface area (TPSA) is 39.1 Å². The highest BCUT2D eigenvalue weighted by atomic mass is 19.1. The molecule has 0 amide bonds. The summed E-state index contributed by atoms with van der Waals surface area (Å²) < 4.78 is 13.5. The molecule has 1 heterocycles. The Bertz CT molecular complexity index is 493. The third kappa shape index (κ3) is 3.00. The van der Waals surface area contributed by atoms with Gasteiger partial charge < -0.3 is 5.32 Å². The zero-order chi connectivity index (χ0) is 14.5. The lowest BCUT2D eigenvalue weighted by Gasteiger charge is -2.41. The Morgan fingerprint density at radius 2 is 2.30 bits per heavy atom. The number of rotatable bonds is 4. The van der Waals surface area contributed by atoms with Crippen LogP contribution in [-0.4, -0.2) is 31.6 Å². The van der Waals surface area contributed by atoms with Crippen molar-refractivity contribution < 1.29 is 4.39 Å². The van der Waals surface area contributed by atoms with Crippen LogP contribution in [-0.2, 0) is 0 Å². The highest BCUT2D eigenvalue weighted by molar-refractivity contribution is 5.36. The van der Waals surface area contributed by atoms with E-state index in [1.54, 1.807) is 6.07 Å². The Balaban J connectivity index is 2.35. The Hall–Kier alpha value is -1.44. The summed E-state index contributed by atoms with van der Waals surface area (Å²) in [6, 6.07) is 7.19. The van der Waals surface area contributed by atoms with Gasteiger partial charge in [0.1, 0.15) is 11.9 Å². The molecule has 0 aromatic heterocycles. The largest absolute Gasteiger partial charge is 0.319 e. The van der Waals surface area contributed by atoms with Gasteiger partial charge in [-0.25, -0.2) is 4.39 Å². The first-order chi connectivity index (χ1) is 9.71. The van der Waals surface area contributed by atoms with Gasteiger partial charge in [0.25, 0.3) is 0 Å². The van der Waals surface area contributed by atoms with Crippen molar-refractivity contribution in [3.8, 4) is 6.07 Å². The molecule has 1 N–H and O–H groups in total. The maximum Gasteiger partial charge on any atom is 0.140 e. The van der Waals surface area contributed by atoms with Crippen LogP contribution in [0, 0.1) is 23.1 Å². The van der Waals surface area contributed by atoms with E-state index in [-0.39, 0.29) is 11.6 Å². The predicted molar refractivity (Wildman–Crippen MR) is 77.8 cm³/mol. The number of likely N-dealkylation sites (tertiary alicyclic amines) is 1. The van der Waals surface area contributed by atoms with Crippen LogP contribution in [0.3, 0.4) is 0 Å². The van der Waals surface area contributed by atoms with E-state index in [9.17, 15) is 4.39 Å². The van der Waals surface area contributed by atoms with Crippen molar-refractivity contribution in [1.29, 1.82) is 5.26 Å². The summed E-state index contributed by atoms with van der Waals surface area (Å²) in [6.45, 7) is 5.15. The van der Waals surface area contributed by atoms with E-state index in [1.165, 1.54) is 18.9 Å². The molecule has 1 aliphatic heterocycles. The number of hydrogen-bond donors (Lipinski definition) is 1. The molecule has 3 nitrogen and oxygen atoms in total. The highest BCUT2D eigenvalue weighted by Gasteiger charge is 2.31. The molecule has 1 aromatic carbocycles. The van der Waals surface area contributed by atoms with Crippen molar-refractivity contribution in [3.05, 3.63) is 35.1 Å². The second-order valence-electron chi connectivity index (χ2n) is 5.38. The summed E-state index contributed by atoms with van der Waals surface area (Å²) in [5, 5.41) is 12.3. The fraction of sp³-hybridized carbons (Fsp3) is 0.562. The van der Waals surface area contributed by atoms with Crippen LogP contribution in [0.25, 0.3) is 0 Å². The minimum Gasteiger partial charge on any atom is -0.319 e. The van der Waals surface area contributed by atoms with Crippen LogP contribution in [0.2, 0.25) is 0 Å². The van der Waals surface area contributed by atoms with Crippen LogP contribution in [0.1, 0.15) is 36.9 Å². The van der Waals surface area contributed by atoms with Gasteiger partial charge in [-0.2, -0.15) is 5.26 Å². The van der Waals surface area contributed by atoms with Crippen molar-refractivity contribution in [2.24, 2.45) is 5.92 Å². The van der Waals surface area contributed by atoms with E-state index in [0.29, 0.717) is 5.92 Å². The van der Waals surface area contributed by atoms with Gasteiger partial charge in [0.2, 0.25) is 0 Å². The molecule has 1 fully saturated rings. The molecule has 20 heavy (non-hydrogen) atoms. The number of nitrogens with one attached hydrogen (secondary N) is 1. The molecular formula is C16H22FN3. The highest BCUT2D eigenvalue weighted by Crippen LogP contribution is 2.36. The van der Waals surface area contributed by atoms with Crippen molar-refractivity contribution in [3.63, 3.8) is 0 Å². The SMILES string of the molecule is CCN1CCCC(CNC)C1c1ccc(F)c(C#N)c1. The third-order valence-electron chi connectivity index (χ3n) is 4.19. The minimum absolute atomic E-state index is 0.146. The first kappa shape index (κ1) is 15.0. The maximum absolute atomic E-state index is 13.5. The Labute approximate surface area is 120 Å². The van der Waals surface area contributed by atoms with E-state index < -0.39 is 5.82 Å². The normalized spacial score (nSPS) is 23.5. The molecule has 2 unspecified atom stereocenters. The summed E-state index contributed by atoms with van der Waals surface area (Å²) in [7, 11) is 1.97. The number of halogens is 1. The second kappa shape index (κ2) is 6.83. The lowest BCUT2D eigenvalue weighted by molar-refractivity contribution is 0.0981. The summed E-state index contributed by atoms with van der Waals surface area (Å²) in [5.74, 6) is 0.0750. The van der Waals surface area contributed by atoms with Gasteiger partial charge in [0, 0.05) is 6.04 Å². The smallest absolute Gasteiger partial charge is 0.140 e. The number of benzene rings is 1. The fourth-order valence-corrected chi connectivity index (χ4v) is 3.28. The summed E-state index contributed by atoms with van der Waals surface area (Å²) >= 11 is 0. The molecule has 4 heteroatoms. The predicted octanol–water partition coefficient (Wildman–Crippen LogP) is 2.69. The van der Waals surface area contributed by atoms with Crippen LogP contribution in [0.4, 0.5) is 4.39 Å². The van der Waals surface area contributed by atoms with E-state index in [1.807, 2.05) is 19.2 Å². The van der Waals surface area contributed by atoms with E-state index in [4.69, 9.17) is 5.26 Å². The molecule has 0 aliphatic carbocycles. The molecule has 1 saturated heterocycles. The zero-order valence-corrected chi connectivity index (χ0v) is 12.2. The standard InChI is InChI=1S/C16H22FN3/c1-3-20-8-4-5-13(11-19-2)16(20)12-6-7-15(17)14(9-12)10-18/h6-7,9,13,16,19H,3-5,8,11H2,1-2H3. The van der Waals surface area contributed by atoms with Crippen molar-refractivity contribution in [1.82, 2.24) is 10.2 Å². The average Bonchev–Trinajstić information content (AvgIpc) is 2.48. The van der Waals surface area contributed by atoms with E-state index in [2.05, 4.69) is 17.1 Å². The fourth-order valence-electron chi connectivity index (χ4n) is 3.28. The number of nitrogens with zero attached hydrogens (tertiary/aromatic N) is 2. The Morgan fingerprint density at radius 1 is 1.50 bits per heavy atom. The summed E-state index contributed by atoms with van der Waals surface area (Å²) in [5.41, 5.74) is 1.21. The van der Waals surface area contributed by atoms with Crippen LogP contribution >= 0.6 is 0 Å². The summed E-state index contributed by atoms with van der Waals surface area (Å²) in [4.78, 5) is 2.43. The van der Waals surface area contributed by atoms with E-state index in [0.717, 1.165) is 25.2 Å². The number of piperidine rings is 1. The number of hydrogen-bond acceptors (Lipinski definition) is 3. The van der Waals surface area contributed by atoms with Crippen LogP contribution in [0.5, 0.6) is 0 Å². The monoisotopic (exact) mass is 275 g/mol. The molecule has 0 radical (unpaired) electrons. The average molecular weight is 275 g/mol. The summed E-state index contributed by atoms with van der Waals surface area (Å²) in [6.07, 6.45) is 2.37. The molecule has 1 aromatic rings. The van der Waals surface area contributed by atoms with Gasteiger partial charge in [-0.15, -0.1) is 0 Å². The molecule has 0 bridgehead atoms. The van der Waals surface area contributed by atoms with Crippen molar-refractivity contribution in [2.45, 2.75) is 25.8 Å². The lowest BCUT2D eigenvalue weighted by atomic mass is 9.84. The van der Waals surface area contributed by atoms with E-state index >= 15 is 0 Å². The molecule has 1 aliphatic rings. The minimum atomic E-state index is -0.430.